The molecular weight excluding hydrogens is 655 g/mol. The van der Waals surface area contributed by atoms with Gasteiger partial charge in [0.1, 0.15) is 11.2 Å². The normalized spacial score (nSPS) is 11.7. The van der Waals surface area contributed by atoms with Crippen LogP contribution in [0.3, 0.4) is 0 Å². The molecule has 11 aromatic rings. The van der Waals surface area contributed by atoms with Crippen molar-refractivity contribution in [3.63, 3.8) is 0 Å². The lowest BCUT2D eigenvalue weighted by molar-refractivity contribution is 0.669. The summed E-state index contributed by atoms with van der Waals surface area (Å²) < 4.78 is 6.40. The number of fused-ring (bicyclic) bond motifs is 11. The van der Waals surface area contributed by atoms with Crippen molar-refractivity contribution < 1.29 is 4.42 Å². The minimum Gasteiger partial charge on any atom is -0.456 e. The summed E-state index contributed by atoms with van der Waals surface area (Å²) in [5.41, 5.74) is 9.92. The third-order valence-electron chi connectivity index (χ3n) is 11.0. The second-order valence-corrected chi connectivity index (χ2v) is 14.0. The van der Waals surface area contributed by atoms with E-state index in [1.807, 2.05) is 6.07 Å². The summed E-state index contributed by atoms with van der Waals surface area (Å²) in [4.78, 5) is 2.45. The molecule has 1 aromatic heterocycles. The van der Waals surface area contributed by atoms with Crippen LogP contribution in [0.25, 0.3) is 87.3 Å². The quantitative estimate of drug-likeness (QED) is 0.168. The Morgan fingerprint density at radius 3 is 1.76 bits per heavy atom. The van der Waals surface area contributed by atoms with Gasteiger partial charge in [-0.25, -0.2) is 0 Å². The van der Waals surface area contributed by atoms with Crippen LogP contribution in [0, 0.1) is 0 Å². The van der Waals surface area contributed by atoms with Crippen molar-refractivity contribution in [2.24, 2.45) is 0 Å². The number of rotatable bonds is 5. The van der Waals surface area contributed by atoms with Gasteiger partial charge in [0, 0.05) is 32.8 Å². The monoisotopic (exact) mass is 687 g/mol. The predicted molar refractivity (Wildman–Crippen MR) is 229 cm³/mol. The molecule has 2 nitrogen and oxygen atoms in total. The van der Waals surface area contributed by atoms with Crippen LogP contribution in [-0.2, 0) is 0 Å². The van der Waals surface area contributed by atoms with E-state index in [2.05, 4.69) is 199 Å². The smallest absolute Gasteiger partial charge is 0.136 e. The molecule has 0 aliphatic carbocycles. The summed E-state index contributed by atoms with van der Waals surface area (Å²) in [5.74, 6) is 0. The topological polar surface area (TPSA) is 16.4 Å². The van der Waals surface area contributed by atoms with E-state index in [9.17, 15) is 0 Å². The lowest BCUT2D eigenvalue weighted by Gasteiger charge is -2.30. The fourth-order valence-electron chi connectivity index (χ4n) is 8.69. The van der Waals surface area contributed by atoms with Crippen molar-refractivity contribution in [3.8, 4) is 22.3 Å². The maximum absolute atomic E-state index is 6.40. The Kier molecular flexibility index (Phi) is 6.90. The first-order valence-corrected chi connectivity index (χ1v) is 18.5. The second kappa shape index (κ2) is 12.2. The number of nitrogens with zero attached hydrogens (tertiary/aromatic N) is 1. The molecule has 11 rings (SSSR count). The Balaban J connectivity index is 1.23. The average Bonchev–Trinajstić information content (AvgIpc) is 3.63. The zero-order valence-electron chi connectivity index (χ0n) is 29.4. The van der Waals surface area contributed by atoms with E-state index in [1.165, 1.54) is 70.7 Å². The summed E-state index contributed by atoms with van der Waals surface area (Å²) in [6.45, 7) is 0. The number of hydrogen-bond acceptors (Lipinski definition) is 2. The van der Waals surface area contributed by atoms with Gasteiger partial charge in [0.15, 0.2) is 0 Å². The molecule has 1 heterocycles. The minimum atomic E-state index is 0.914. The van der Waals surface area contributed by atoms with Gasteiger partial charge in [-0.15, -0.1) is 0 Å². The molecule has 0 unspecified atom stereocenters. The molecule has 0 aliphatic rings. The lowest BCUT2D eigenvalue weighted by Crippen LogP contribution is -2.12. The van der Waals surface area contributed by atoms with Gasteiger partial charge in [-0.05, 0) is 91.5 Å². The standard InChI is InChI=1S/C52H33NO/c1-2-15-34(16-3-1)36-19-12-20-37(33-36)53(46-29-13-18-35-17-4-5-21-38(35)46)47-28-10-8-22-39(47)40-26-14-27-42-44-31-32-49-52(45-25-9-11-30-48(45)54-49)51(44)43-24-7-6-23-41(43)50(40)42/h1-33H. The first-order valence-electron chi connectivity index (χ1n) is 18.5. The zero-order valence-corrected chi connectivity index (χ0v) is 29.4. The lowest BCUT2D eigenvalue weighted by atomic mass is 9.87. The number of hydrogen-bond donors (Lipinski definition) is 0. The number of furan rings is 1. The van der Waals surface area contributed by atoms with Crippen LogP contribution < -0.4 is 4.90 Å². The van der Waals surface area contributed by atoms with E-state index in [4.69, 9.17) is 4.42 Å². The summed E-state index contributed by atoms with van der Waals surface area (Å²) in [6.07, 6.45) is 0. The SMILES string of the molecule is c1ccc(-c2cccc(N(c3ccccc3-c3cccc4c5ccc6oc7ccccc7c6c5c5ccccc5c34)c3cccc4ccccc34)c2)cc1. The molecule has 10 aromatic carbocycles. The highest BCUT2D eigenvalue weighted by Gasteiger charge is 2.23. The molecule has 2 heteroatoms. The van der Waals surface area contributed by atoms with Crippen LogP contribution >= 0.6 is 0 Å². The van der Waals surface area contributed by atoms with Gasteiger partial charge in [-0.3, -0.25) is 0 Å². The number of benzene rings is 10. The molecule has 0 atom stereocenters. The van der Waals surface area contributed by atoms with E-state index in [-0.39, 0.29) is 0 Å². The first kappa shape index (κ1) is 30.5. The van der Waals surface area contributed by atoms with Crippen molar-refractivity contribution in [3.05, 3.63) is 200 Å². The minimum absolute atomic E-state index is 0.914. The molecule has 252 valence electrons. The van der Waals surface area contributed by atoms with Gasteiger partial charge in [0.2, 0.25) is 0 Å². The Labute approximate surface area is 312 Å². The summed E-state index contributed by atoms with van der Waals surface area (Å²) in [7, 11) is 0. The highest BCUT2D eigenvalue weighted by atomic mass is 16.3. The largest absolute Gasteiger partial charge is 0.456 e. The molecule has 0 bridgehead atoms. The molecule has 0 spiro atoms. The van der Waals surface area contributed by atoms with Gasteiger partial charge in [0.05, 0.1) is 11.4 Å². The molecule has 0 amide bonds. The Morgan fingerprint density at radius 1 is 0.315 bits per heavy atom. The fourth-order valence-corrected chi connectivity index (χ4v) is 8.69. The van der Waals surface area contributed by atoms with Crippen molar-refractivity contribution in [1.29, 1.82) is 0 Å². The highest BCUT2D eigenvalue weighted by Crippen LogP contribution is 2.49. The third-order valence-corrected chi connectivity index (χ3v) is 11.0. The van der Waals surface area contributed by atoms with Crippen LogP contribution in [0.2, 0.25) is 0 Å². The Hall–Kier alpha value is -7.16. The van der Waals surface area contributed by atoms with E-state index >= 15 is 0 Å². The average molecular weight is 688 g/mol. The summed E-state index contributed by atoms with van der Waals surface area (Å²) >= 11 is 0. The van der Waals surface area contributed by atoms with Crippen molar-refractivity contribution in [2.45, 2.75) is 0 Å². The molecule has 0 aliphatic heterocycles. The fraction of sp³-hybridized carbons (Fsp3) is 0. The molecule has 0 saturated heterocycles. The van der Waals surface area contributed by atoms with Crippen molar-refractivity contribution in [1.82, 2.24) is 0 Å². The van der Waals surface area contributed by atoms with E-state index in [0.29, 0.717) is 0 Å². The van der Waals surface area contributed by atoms with Crippen LogP contribution in [0.1, 0.15) is 0 Å². The van der Waals surface area contributed by atoms with Crippen LogP contribution in [0.5, 0.6) is 0 Å². The molecule has 0 radical (unpaired) electrons. The summed E-state index contributed by atoms with van der Waals surface area (Å²) in [6, 6.07) is 72.3. The van der Waals surface area contributed by atoms with E-state index < -0.39 is 0 Å². The summed E-state index contributed by atoms with van der Waals surface area (Å²) in [5, 5.41) is 12.1. The van der Waals surface area contributed by atoms with Gasteiger partial charge >= 0.3 is 0 Å². The highest BCUT2D eigenvalue weighted by molar-refractivity contribution is 6.36. The molecule has 0 saturated carbocycles. The van der Waals surface area contributed by atoms with Gasteiger partial charge in [-0.2, -0.15) is 0 Å². The molecule has 0 N–H and O–H groups in total. The van der Waals surface area contributed by atoms with Crippen LogP contribution in [-0.4, -0.2) is 0 Å². The zero-order chi connectivity index (χ0) is 35.6. The number of anilines is 3. The van der Waals surface area contributed by atoms with Crippen LogP contribution in [0.15, 0.2) is 205 Å². The Bertz CT molecular complexity index is 3190. The van der Waals surface area contributed by atoms with Gasteiger partial charge in [0.25, 0.3) is 0 Å². The molecule has 0 fully saturated rings. The Morgan fingerprint density at radius 2 is 0.889 bits per heavy atom. The van der Waals surface area contributed by atoms with E-state index in [1.54, 1.807) is 0 Å². The van der Waals surface area contributed by atoms with Crippen LogP contribution in [0.4, 0.5) is 17.1 Å². The second-order valence-electron chi connectivity index (χ2n) is 14.0. The van der Waals surface area contributed by atoms with Gasteiger partial charge in [-0.1, -0.05) is 158 Å². The van der Waals surface area contributed by atoms with Crippen molar-refractivity contribution >= 4 is 82.1 Å². The third kappa shape index (κ3) is 4.67. The maximum Gasteiger partial charge on any atom is 0.136 e. The number of para-hydroxylation sites is 2. The molecular formula is C52H33NO. The van der Waals surface area contributed by atoms with E-state index in [0.717, 1.165) is 33.6 Å². The molecule has 54 heavy (non-hydrogen) atoms. The van der Waals surface area contributed by atoms with Gasteiger partial charge < -0.3 is 9.32 Å². The first-order chi connectivity index (χ1) is 26.8. The van der Waals surface area contributed by atoms with Crippen molar-refractivity contribution in [2.75, 3.05) is 4.90 Å². The maximum atomic E-state index is 6.40. The predicted octanol–water partition coefficient (Wildman–Crippen LogP) is 15.0.